The van der Waals surface area contributed by atoms with E-state index < -0.39 is 0 Å². The van der Waals surface area contributed by atoms with Crippen molar-refractivity contribution in [2.45, 2.75) is 44.9 Å². The lowest BCUT2D eigenvalue weighted by molar-refractivity contribution is 0.442. The zero-order chi connectivity index (χ0) is 12.5. The third-order valence-corrected chi connectivity index (χ3v) is 5.00. The van der Waals surface area contributed by atoms with Gasteiger partial charge in [0.05, 0.1) is 15.6 Å². The standard InChI is InChI=1S/C12H16N4S2/c1-7-9(10-14-12(17)16-15-10)18-11(13-7)8-5-3-2-4-6-8/h8H,2-6H2,1H3,(H2,14,15,16,17). The monoisotopic (exact) mass is 280 g/mol. The van der Waals surface area contributed by atoms with Crippen LogP contribution >= 0.6 is 23.6 Å². The molecule has 0 aromatic carbocycles. The first-order chi connectivity index (χ1) is 8.74. The van der Waals surface area contributed by atoms with Crippen LogP contribution in [0.3, 0.4) is 0 Å². The molecule has 18 heavy (non-hydrogen) atoms. The minimum Gasteiger partial charge on any atom is -0.281 e. The number of aromatic nitrogens is 4. The Bertz CT molecular complexity index is 589. The van der Waals surface area contributed by atoms with Crippen LogP contribution in [0.2, 0.25) is 0 Å². The maximum absolute atomic E-state index is 4.99. The molecule has 0 unspecified atom stereocenters. The third-order valence-electron chi connectivity index (χ3n) is 3.48. The van der Waals surface area contributed by atoms with E-state index >= 15 is 0 Å². The summed E-state index contributed by atoms with van der Waals surface area (Å²) in [5.74, 6) is 1.47. The van der Waals surface area contributed by atoms with E-state index in [0.29, 0.717) is 10.7 Å². The lowest BCUT2D eigenvalue weighted by Gasteiger charge is -2.18. The van der Waals surface area contributed by atoms with E-state index in [9.17, 15) is 0 Å². The van der Waals surface area contributed by atoms with Gasteiger partial charge in [-0.05, 0) is 32.0 Å². The Morgan fingerprint density at radius 1 is 1.17 bits per heavy atom. The SMILES string of the molecule is Cc1nc(C2CCCCC2)sc1-c1nc(=S)[nH][nH]1. The summed E-state index contributed by atoms with van der Waals surface area (Å²) in [6.45, 7) is 2.05. The number of hydrogen-bond donors (Lipinski definition) is 2. The zero-order valence-electron chi connectivity index (χ0n) is 10.3. The molecule has 0 aliphatic heterocycles. The van der Waals surface area contributed by atoms with Crippen LogP contribution in [0.4, 0.5) is 0 Å². The molecule has 0 amide bonds. The number of nitrogens with zero attached hydrogens (tertiary/aromatic N) is 2. The van der Waals surface area contributed by atoms with Crippen molar-refractivity contribution < 1.29 is 0 Å². The molecule has 2 aromatic heterocycles. The quantitative estimate of drug-likeness (QED) is 0.819. The number of thiazole rings is 1. The van der Waals surface area contributed by atoms with Crippen molar-refractivity contribution in [3.8, 4) is 10.7 Å². The molecule has 6 heteroatoms. The van der Waals surface area contributed by atoms with Gasteiger partial charge in [-0.25, -0.2) is 4.98 Å². The summed E-state index contributed by atoms with van der Waals surface area (Å²) in [6.07, 6.45) is 6.61. The van der Waals surface area contributed by atoms with Crippen molar-refractivity contribution in [1.29, 1.82) is 0 Å². The van der Waals surface area contributed by atoms with Crippen LogP contribution in [0.1, 0.15) is 48.7 Å². The van der Waals surface area contributed by atoms with Gasteiger partial charge in [0, 0.05) is 5.92 Å². The molecule has 0 saturated heterocycles. The first-order valence-corrected chi connectivity index (χ1v) is 7.59. The van der Waals surface area contributed by atoms with E-state index in [4.69, 9.17) is 17.2 Å². The summed E-state index contributed by atoms with van der Waals surface area (Å²) in [7, 11) is 0. The van der Waals surface area contributed by atoms with E-state index in [-0.39, 0.29) is 0 Å². The van der Waals surface area contributed by atoms with E-state index in [1.165, 1.54) is 37.1 Å². The van der Waals surface area contributed by atoms with E-state index in [1.807, 2.05) is 6.92 Å². The fourth-order valence-electron chi connectivity index (χ4n) is 2.54. The summed E-state index contributed by atoms with van der Waals surface area (Å²) >= 11 is 6.76. The number of hydrogen-bond acceptors (Lipinski definition) is 4. The van der Waals surface area contributed by atoms with Gasteiger partial charge in [0.25, 0.3) is 0 Å². The van der Waals surface area contributed by atoms with Crippen LogP contribution in [0, 0.1) is 11.7 Å². The first kappa shape index (κ1) is 12.0. The predicted molar refractivity (Wildman–Crippen MR) is 75.4 cm³/mol. The molecule has 1 aliphatic carbocycles. The molecule has 1 saturated carbocycles. The van der Waals surface area contributed by atoms with Gasteiger partial charge in [-0.2, -0.15) is 4.98 Å². The molecule has 4 nitrogen and oxygen atoms in total. The highest BCUT2D eigenvalue weighted by molar-refractivity contribution is 7.71. The van der Waals surface area contributed by atoms with Gasteiger partial charge in [0.2, 0.25) is 4.77 Å². The van der Waals surface area contributed by atoms with Gasteiger partial charge in [-0.3, -0.25) is 10.2 Å². The summed E-state index contributed by atoms with van der Waals surface area (Å²) < 4.78 is 0.497. The Kier molecular flexibility index (Phi) is 3.30. The Balaban J connectivity index is 1.92. The Labute approximate surface area is 115 Å². The molecular weight excluding hydrogens is 264 g/mol. The molecular formula is C12H16N4S2. The number of H-pyrrole nitrogens is 2. The molecule has 0 radical (unpaired) electrons. The molecule has 3 rings (SSSR count). The van der Waals surface area contributed by atoms with Gasteiger partial charge in [-0.15, -0.1) is 11.3 Å². The molecule has 0 spiro atoms. The highest BCUT2D eigenvalue weighted by atomic mass is 32.1. The van der Waals surface area contributed by atoms with Crippen molar-refractivity contribution in [2.24, 2.45) is 0 Å². The first-order valence-electron chi connectivity index (χ1n) is 6.36. The Morgan fingerprint density at radius 3 is 2.61 bits per heavy atom. The number of nitrogens with one attached hydrogen (secondary N) is 2. The van der Waals surface area contributed by atoms with Crippen molar-refractivity contribution in [3.05, 3.63) is 15.5 Å². The van der Waals surface area contributed by atoms with Gasteiger partial charge in [0.1, 0.15) is 0 Å². The van der Waals surface area contributed by atoms with Crippen molar-refractivity contribution in [3.63, 3.8) is 0 Å². The summed E-state index contributed by atoms with van der Waals surface area (Å²) in [5.41, 5.74) is 1.05. The fraction of sp³-hybridized carbons (Fsp3) is 0.583. The van der Waals surface area contributed by atoms with Crippen LogP contribution in [0.5, 0.6) is 0 Å². The van der Waals surface area contributed by atoms with Crippen LogP contribution in [-0.2, 0) is 0 Å². The maximum atomic E-state index is 4.99. The second-order valence-electron chi connectivity index (χ2n) is 4.82. The Morgan fingerprint density at radius 2 is 1.94 bits per heavy atom. The summed E-state index contributed by atoms with van der Waals surface area (Å²) in [6, 6.07) is 0. The number of aromatic amines is 2. The highest BCUT2D eigenvalue weighted by Crippen LogP contribution is 2.38. The average Bonchev–Trinajstić information content (AvgIpc) is 2.97. The molecule has 2 N–H and O–H groups in total. The lowest BCUT2D eigenvalue weighted by atomic mass is 9.90. The van der Waals surface area contributed by atoms with Gasteiger partial charge in [0.15, 0.2) is 5.82 Å². The molecule has 1 fully saturated rings. The molecule has 0 bridgehead atoms. The van der Waals surface area contributed by atoms with E-state index in [1.54, 1.807) is 11.3 Å². The number of aryl methyl sites for hydroxylation is 1. The van der Waals surface area contributed by atoms with Crippen molar-refractivity contribution in [1.82, 2.24) is 20.2 Å². The molecule has 2 aromatic rings. The molecule has 96 valence electrons. The minimum absolute atomic E-state index is 0.497. The van der Waals surface area contributed by atoms with Gasteiger partial charge < -0.3 is 0 Å². The molecule has 1 aliphatic rings. The topological polar surface area (TPSA) is 57.4 Å². The van der Waals surface area contributed by atoms with Gasteiger partial charge in [-0.1, -0.05) is 19.3 Å². The largest absolute Gasteiger partial charge is 0.281 e. The van der Waals surface area contributed by atoms with Crippen LogP contribution in [0.15, 0.2) is 0 Å². The second kappa shape index (κ2) is 4.93. The van der Waals surface area contributed by atoms with Crippen LogP contribution in [-0.4, -0.2) is 20.2 Å². The normalized spacial score (nSPS) is 17.2. The zero-order valence-corrected chi connectivity index (χ0v) is 12.0. The lowest BCUT2D eigenvalue weighted by Crippen LogP contribution is -2.03. The average molecular weight is 280 g/mol. The fourth-order valence-corrected chi connectivity index (χ4v) is 3.86. The van der Waals surface area contributed by atoms with E-state index in [2.05, 4.69) is 15.2 Å². The van der Waals surface area contributed by atoms with Crippen molar-refractivity contribution in [2.75, 3.05) is 0 Å². The third kappa shape index (κ3) is 2.27. The highest BCUT2D eigenvalue weighted by Gasteiger charge is 2.21. The van der Waals surface area contributed by atoms with Crippen LogP contribution < -0.4 is 0 Å². The van der Waals surface area contributed by atoms with Crippen molar-refractivity contribution >= 4 is 23.6 Å². The second-order valence-corrected chi connectivity index (χ2v) is 6.23. The number of rotatable bonds is 2. The molecule has 0 atom stereocenters. The molecule has 2 heterocycles. The summed E-state index contributed by atoms with van der Waals surface area (Å²) in [4.78, 5) is 10.1. The smallest absolute Gasteiger partial charge is 0.213 e. The maximum Gasteiger partial charge on any atom is 0.213 e. The summed E-state index contributed by atoms with van der Waals surface area (Å²) in [5, 5.41) is 7.12. The van der Waals surface area contributed by atoms with Gasteiger partial charge >= 0.3 is 0 Å². The minimum atomic E-state index is 0.497. The van der Waals surface area contributed by atoms with Crippen LogP contribution in [0.25, 0.3) is 10.7 Å². The predicted octanol–water partition coefficient (Wildman–Crippen LogP) is 3.95. The van der Waals surface area contributed by atoms with E-state index in [0.717, 1.165) is 16.4 Å². The Hall–Kier alpha value is -1.01.